The topological polar surface area (TPSA) is 92.5 Å². The van der Waals surface area contributed by atoms with Gasteiger partial charge in [0, 0.05) is 23.2 Å². The van der Waals surface area contributed by atoms with Gasteiger partial charge in [0.05, 0.1) is 16.1 Å². The Morgan fingerprint density at radius 1 is 1.38 bits per heavy atom. The highest BCUT2D eigenvalue weighted by atomic mass is 79.9. The largest absolute Gasteiger partial charge is 0.388 e. The van der Waals surface area contributed by atoms with Crippen molar-refractivity contribution in [1.29, 1.82) is 0 Å². The van der Waals surface area contributed by atoms with E-state index in [9.17, 15) is 20.0 Å². The van der Waals surface area contributed by atoms with Gasteiger partial charge >= 0.3 is 0 Å². The molecule has 0 unspecified atom stereocenters. The van der Waals surface area contributed by atoms with Gasteiger partial charge in [-0.25, -0.2) is 0 Å². The predicted octanol–water partition coefficient (Wildman–Crippen LogP) is 2.78. The summed E-state index contributed by atoms with van der Waals surface area (Å²) in [6.07, 6.45) is 4.35. The molecule has 0 aliphatic heterocycles. The van der Waals surface area contributed by atoms with Crippen molar-refractivity contribution in [2.45, 2.75) is 37.7 Å². The van der Waals surface area contributed by atoms with Gasteiger partial charge in [0.15, 0.2) is 0 Å². The smallest absolute Gasteiger partial charge is 0.270 e. The Kier molecular flexibility index (Phi) is 4.95. The molecule has 1 aliphatic carbocycles. The Morgan fingerprint density at radius 3 is 2.67 bits per heavy atom. The molecule has 0 aromatic heterocycles. The molecule has 7 heteroatoms. The molecule has 0 spiro atoms. The standard InChI is InChI=1S/C14H17BrN2O4/c15-12-5-4-10(17(20)21)8-11(12)13(18)16-9-14(19)6-2-1-3-7-14/h4-5,8,19H,1-3,6-7,9H2,(H,16,18). The summed E-state index contributed by atoms with van der Waals surface area (Å²) in [6, 6.07) is 4.03. The minimum absolute atomic E-state index is 0.139. The van der Waals surface area contributed by atoms with Gasteiger partial charge in [-0.15, -0.1) is 0 Å². The van der Waals surface area contributed by atoms with Crippen molar-refractivity contribution in [2.75, 3.05) is 6.54 Å². The molecule has 114 valence electrons. The van der Waals surface area contributed by atoms with Gasteiger partial charge in [0.25, 0.3) is 11.6 Å². The monoisotopic (exact) mass is 356 g/mol. The highest BCUT2D eigenvalue weighted by Crippen LogP contribution is 2.28. The fourth-order valence-corrected chi connectivity index (χ4v) is 2.95. The Labute approximate surface area is 130 Å². The lowest BCUT2D eigenvalue weighted by atomic mass is 9.85. The van der Waals surface area contributed by atoms with Crippen LogP contribution in [0.25, 0.3) is 0 Å². The normalized spacial score (nSPS) is 17.2. The highest BCUT2D eigenvalue weighted by Gasteiger charge is 2.29. The molecule has 2 rings (SSSR count). The van der Waals surface area contributed by atoms with E-state index in [0.29, 0.717) is 17.3 Å². The summed E-state index contributed by atoms with van der Waals surface area (Å²) in [7, 11) is 0. The number of nitro benzene ring substituents is 1. The average molecular weight is 357 g/mol. The molecule has 2 N–H and O–H groups in total. The second-order valence-electron chi connectivity index (χ2n) is 5.39. The van der Waals surface area contributed by atoms with E-state index in [1.165, 1.54) is 18.2 Å². The second-order valence-corrected chi connectivity index (χ2v) is 6.24. The summed E-state index contributed by atoms with van der Waals surface area (Å²) in [4.78, 5) is 22.4. The molecule has 6 nitrogen and oxygen atoms in total. The Bertz CT molecular complexity index is 556. The number of nitrogens with zero attached hydrogens (tertiary/aromatic N) is 1. The number of nitro groups is 1. The highest BCUT2D eigenvalue weighted by molar-refractivity contribution is 9.10. The zero-order valence-corrected chi connectivity index (χ0v) is 13.1. The van der Waals surface area contributed by atoms with Gasteiger partial charge in [0.2, 0.25) is 0 Å². The van der Waals surface area contributed by atoms with Gasteiger partial charge in [0.1, 0.15) is 0 Å². The minimum atomic E-state index is -0.860. The fourth-order valence-electron chi connectivity index (χ4n) is 2.53. The van der Waals surface area contributed by atoms with E-state index in [0.717, 1.165) is 19.3 Å². The Morgan fingerprint density at radius 2 is 2.05 bits per heavy atom. The molecule has 1 fully saturated rings. The molecule has 0 heterocycles. The maximum absolute atomic E-state index is 12.2. The van der Waals surface area contributed by atoms with Gasteiger partial charge in [-0.05, 0) is 34.8 Å². The molecule has 0 bridgehead atoms. The quantitative estimate of drug-likeness (QED) is 0.640. The predicted molar refractivity (Wildman–Crippen MR) is 81.2 cm³/mol. The Balaban J connectivity index is 2.06. The molecular weight excluding hydrogens is 340 g/mol. The van der Waals surface area contributed by atoms with E-state index in [1.54, 1.807) is 0 Å². The summed E-state index contributed by atoms with van der Waals surface area (Å²) in [5, 5.41) is 23.8. The number of halogens is 1. The van der Waals surface area contributed by atoms with Gasteiger partial charge in [-0.3, -0.25) is 14.9 Å². The Hall–Kier alpha value is -1.47. The lowest BCUT2D eigenvalue weighted by molar-refractivity contribution is -0.384. The third kappa shape index (κ3) is 4.01. The van der Waals surface area contributed by atoms with Crippen LogP contribution in [0.1, 0.15) is 42.5 Å². The molecular formula is C14H17BrN2O4. The molecule has 0 saturated heterocycles. The van der Waals surface area contributed by atoms with Crippen LogP contribution in [0.15, 0.2) is 22.7 Å². The third-order valence-corrected chi connectivity index (χ3v) is 4.46. The van der Waals surface area contributed by atoms with E-state index in [4.69, 9.17) is 0 Å². The maximum atomic E-state index is 12.2. The molecule has 1 amide bonds. The van der Waals surface area contributed by atoms with Crippen molar-refractivity contribution in [3.8, 4) is 0 Å². The lowest BCUT2D eigenvalue weighted by Gasteiger charge is -2.32. The summed E-state index contributed by atoms with van der Waals surface area (Å²) >= 11 is 3.21. The zero-order chi connectivity index (χ0) is 15.5. The maximum Gasteiger partial charge on any atom is 0.270 e. The number of carbonyl (C=O) groups excluding carboxylic acids is 1. The molecule has 0 atom stereocenters. The lowest BCUT2D eigenvalue weighted by Crippen LogP contribution is -2.44. The molecule has 1 saturated carbocycles. The van der Waals surface area contributed by atoms with Gasteiger partial charge in [-0.1, -0.05) is 19.3 Å². The van der Waals surface area contributed by atoms with Crippen molar-refractivity contribution in [3.05, 3.63) is 38.3 Å². The number of amides is 1. The first-order chi connectivity index (χ1) is 9.91. The van der Waals surface area contributed by atoms with Crippen molar-refractivity contribution >= 4 is 27.5 Å². The van der Waals surface area contributed by atoms with Crippen LogP contribution in [0, 0.1) is 10.1 Å². The van der Waals surface area contributed by atoms with Crippen molar-refractivity contribution in [3.63, 3.8) is 0 Å². The van der Waals surface area contributed by atoms with Crippen molar-refractivity contribution in [2.24, 2.45) is 0 Å². The molecule has 21 heavy (non-hydrogen) atoms. The number of hydrogen-bond acceptors (Lipinski definition) is 4. The minimum Gasteiger partial charge on any atom is -0.388 e. The number of hydrogen-bond donors (Lipinski definition) is 2. The fraction of sp³-hybridized carbons (Fsp3) is 0.500. The van der Waals surface area contributed by atoms with E-state index >= 15 is 0 Å². The molecule has 0 radical (unpaired) electrons. The SMILES string of the molecule is O=C(NCC1(O)CCCCC1)c1cc([N+](=O)[O-])ccc1Br. The molecule has 1 aliphatic rings. The van der Waals surface area contributed by atoms with E-state index < -0.39 is 16.4 Å². The molecule has 1 aromatic rings. The van der Waals surface area contributed by atoms with Crippen LogP contribution in [0.5, 0.6) is 0 Å². The second kappa shape index (κ2) is 6.53. The van der Waals surface area contributed by atoms with Crippen LogP contribution in [0.2, 0.25) is 0 Å². The number of benzene rings is 1. The molecule has 1 aromatic carbocycles. The zero-order valence-electron chi connectivity index (χ0n) is 11.5. The van der Waals surface area contributed by atoms with E-state index in [1.807, 2.05) is 0 Å². The van der Waals surface area contributed by atoms with E-state index in [-0.39, 0.29) is 17.8 Å². The summed E-state index contributed by atoms with van der Waals surface area (Å²) in [5.41, 5.74) is -0.801. The van der Waals surface area contributed by atoms with Crippen LogP contribution < -0.4 is 5.32 Å². The number of carbonyl (C=O) groups is 1. The van der Waals surface area contributed by atoms with Crippen molar-refractivity contribution in [1.82, 2.24) is 5.32 Å². The number of aliphatic hydroxyl groups is 1. The van der Waals surface area contributed by atoms with Crippen LogP contribution in [-0.2, 0) is 0 Å². The number of nitrogens with one attached hydrogen (secondary N) is 1. The summed E-state index contributed by atoms with van der Waals surface area (Å²) < 4.78 is 0.487. The van der Waals surface area contributed by atoms with E-state index in [2.05, 4.69) is 21.2 Å². The van der Waals surface area contributed by atoms with Gasteiger partial charge in [-0.2, -0.15) is 0 Å². The van der Waals surface area contributed by atoms with Crippen LogP contribution in [0.3, 0.4) is 0 Å². The van der Waals surface area contributed by atoms with Crippen molar-refractivity contribution < 1.29 is 14.8 Å². The first kappa shape index (κ1) is 15.9. The van der Waals surface area contributed by atoms with Crippen LogP contribution in [-0.4, -0.2) is 28.1 Å². The number of rotatable bonds is 4. The first-order valence-electron chi connectivity index (χ1n) is 6.86. The van der Waals surface area contributed by atoms with Crippen LogP contribution in [0.4, 0.5) is 5.69 Å². The summed E-state index contributed by atoms with van der Waals surface area (Å²) in [5.74, 6) is -0.426. The third-order valence-electron chi connectivity index (χ3n) is 3.77. The van der Waals surface area contributed by atoms with Gasteiger partial charge < -0.3 is 10.4 Å². The van der Waals surface area contributed by atoms with Crippen LogP contribution >= 0.6 is 15.9 Å². The average Bonchev–Trinajstić information content (AvgIpc) is 2.46. The summed E-state index contributed by atoms with van der Waals surface area (Å²) in [6.45, 7) is 0.168. The first-order valence-corrected chi connectivity index (χ1v) is 7.65. The number of non-ortho nitro benzene ring substituents is 1.